The molecule has 0 saturated carbocycles. The van der Waals surface area contributed by atoms with Crippen LogP contribution in [0.1, 0.15) is 23.0 Å². The summed E-state index contributed by atoms with van der Waals surface area (Å²) in [6.45, 7) is 5.47. The monoisotopic (exact) mass is 276 g/mol. The first kappa shape index (κ1) is 13.1. The number of hydrogen-bond acceptors (Lipinski definition) is 2. The predicted octanol–water partition coefficient (Wildman–Crippen LogP) is 2.48. The summed E-state index contributed by atoms with van der Waals surface area (Å²) in [6.07, 6.45) is 0. The van der Waals surface area contributed by atoms with Crippen LogP contribution in [0.5, 0.6) is 0 Å². The summed E-state index contributed by atoms with van der Waals surface area (Å²) in [5.41, 5.74) is 2.12. The lowest BCUT2D eigenvalue weighted by Crippen LogP contribution is -2.47. The van der Waals surface area contributed by atoms with Gasteiger partial charge in [-0.05, 0) is 32.0 Å². The quantitative estimate of drug-likeness (QED) is 0.869. The Kier molecular flexibility index (Phi) is 3.22. The first-order valence-corrected chi connectivity index (χ1v) is 6.74. The summed E-state index contributed by atoms with van der Waals surface area (Å²) in [5.74, 6) is -0.393. The molecule has 20 heavy (non-hydrogen) atoms. The summed E-state index contributed by atoms with van der Waals surface area (Å²) >= 11 is 0. The molecule has 1 fully saturated rings. The number of amides is 1. The van der Waals surface area contributed by atoms with Crippen molar-refractivity contribution in [2.75, 3.05) is 19.8 Å². The number of H-pyrrole nitrogens is 1. The van der Waals surface area contributed by atoms with Crippen LogP contribution >= 0.6 is 0 Å². The van der Waals surface area contributed by atoms with Crippen molar-refractivity contribution in [2.24, 2.45) is 0 Å². The normalized spacial score (nSPS) is 19.6. The molecule has 2 aromatic rings. The fraction of sp³-hybridized carbons (Fsp3) is 0.400. The number of aryl methyl sites for hydroxylation is 1. The minimum Gasteiger partial charge on any atom is -0.377 e. The molecule has 3 rings (SSSR count). The molecule has 1 aromatic carbocycles. The maximum atomic E-state index is 13.4. The number of nitrogens with zero attached hydrogens (tertiary/aromatic N) is 1. The number of aromatic amines is 1. The lowest BCUT2D eigenvalue weighted by molar-refractivity contribution is 0.00366. The fourth-order valence-electron chi connectivity index (χ4n) is 2.75. The Hall–Kier alpha value is -1.88. The van der Waals surface area contributed by atoms with E-state index in [1.165, 1.54) is 12.1 Å². The van der Waals surface area contributed by atoms with Crippen molar-refractivity contribution in [3.8, 4) is 0 Å². The van der Waals surface area contributed by atoms with Crippen LogP contribution in [0.25, 0.3) is 10.9 Å². The summed E-state index contributed by atoms with van der Waals surface area (Å²) in [4.78, 5) is 17.7. The number of fused-ring (bicyclic) bond motifs is 1. The largest absolute Gasteiger partial charge is 0.377 e. The minimum absolute atomic E-state index is 0.0363. The van der Waals surface area contributed by atoms with Gasteiger partial charge in [0.2, 0.25) is 0 Å². The second kappa shape index (κ2) is 4.90. The molecule has 1 atom stereocenters. The van der Waals surface area contributed by atoms with Crippen LogP contribution in [0, 0.1) is 12.7 Å². The van der Waals surface area contributed by atoms with E-state index in [1.807, 2.05) is 13.8 Å². The van der Waals surface area contributed by atoms with E-state index in [-0.39, 0.29) is 17.8 Å². The lowest BCUT2D eigenvalue weighted by atomic mass is 10.1. The maximum absolute atomic E-state index is 13.4. The van der Waals surface area contributed by atoms with Crippen LogP contribution in [-0.4, -0.2) is 41.6 Å². The molecule has 1 aromatic heterocycles. The molecule has 1 saturated heterocycles. The first-order valence-electron chi connectivity index (χ1n) is 6.74. The van der Waals surface area contributed by atoms with E-state index in [1.54, 1.807) is 11.0 Å². The number of morpholine rings is 1. The van der Waals surface area contributed by atoms with Crippen LogP contribution in [0.3, 0.4) is 0 Å². The van der Waals surface area contributed by atoms with Gasteiger partial charge in [-0.25, -0.2) is 4.39 Å². The zero-order valence-electron chi connectivity index (χ0n) is 11.6. The van der Waals surface area contributed by atoms with Crippen molar-refractivity contribution >= 4 is 16.8 Å². The van der Waals surface area contributed by atoms with E-state index in [4.69, 9.17) is 4.74 Å². The van der Waals surface area contributed by atoms with Gasteiger partial charge in [-0.15, -0.1) is 0 Å². The highest BCUT2D eigenvalue weighted by atomic mass is 19.1. The topological polar surface area (TPSA) is 45.3 Å². The van der Waals surface area contributed by atoms with Gasteiger partial charge in [-0.3, -0.25) is 4.79 Å². The van der Waals surface area contributed by atoms with E-state index in [2.05, 4.69) is 4.98 Å². The number of benzene rings is 1. The van der Waals surface area contributed by atoms with Gasteiger partial charge >= 0.3 is 0 Å². The first-order chi connectivity index (χ1) is 9.58. The molecule has 0 aliphatic carbocycles. The average molecular weight is 276 g/mol. The minimum atomic E-state index is -0.333. The van der Waals surface area contributed by atoms with Gasteiger partial charge in [-0.1, -0.05) is 0 Å². The Labute approximate surface area is 116 Å². The molecule has 1 amide bonds. The van der Waals surface area contributed by atoms with Gasteiger partial charge in [0.25, 0.3) is 5.91 Å². The number of ether oxygens (including phenoxy) is 1. The summed E-state index contributed by atoms with van der Waals surface area (Å²) in [5, 5.41) is 0.645. The fourth-order valence-corrected chi connectivity index (χ4v) is 2.75. The number of aromatic nitrogens is 1. The molecular formula is C15H17FN2O2. The summed E-state index contributed by atoms with van der Waals surface area (Å²) in [7, 11) is 0. The lowest BCUT2D eigenvalue weighted by Gasteiger charge is -2.33. The van der Waals surface area contributed by atoms with Crippen LogP contribution < -0.4 is 0 Å². The molecule has 1 aliphatic rings. The molecule has 1 unspecified atom stereocenters. The van der Waals surface area contributed by atoms with Crippen molar-refractivity contribution in [1.82, 2.24) is 9.88 Å². The van der Waals surface area contributed by atoms with Gasteiger partial charge in [0.15, 0.2) is 0 Å². The predicted molar refractivity (Wildman–Crippen MR) is 74.3 cm³/mol. The Balaban J connectivity index is 2.06. The SMILES string of the molecule is Cc1[nH]c2ccc(F)cc2c1C(=O)N1CCOCC1C. The van der Waals surface area contributed by atoms with Crippen LogP contribution in [-0.2, 0) is 4.74 Å². The van der Waals surface area contributed by atoms with Crippen molar-refractivity contribution in [3.63, 3.8) is 0 Å². The van der Waals surface area contributed by atoms with Gasteiger partial charge < -0.3 is 14.6 Å². The second-order valence-electron chi connectivity index (χ2n) is 5.24. The highest BCUT2D eigenvalue weighted by molar-refractivity contribution is 6.08. The molecule has 1 aliphatic heterocycles. The smallest absolute Gasteiger partial charge is 0.256 e. The van der Waals surface area contributed by atoms with Gasteiger partial charge in [0, 0.05) is 23.1 Å². The number of nitrogens with one attached hydrogen (secondary N) is 1. The number of halogens is 1. The second-order valence-corrected chi connectivity index (χ2v) is 5.24. The third-order valence-corrected chi connectivity index (χ3v) is 3.79. The Morgan fingerprint density at radius 2 is 2.30 bits per heavy atom. The number of carbonyl (C=O) groups is 1. The molecular weight excluding hydrogens is 259 g/mol. The van der Waals surface area contributed by atoms with E-state index in [0.717, 1.165) is 11.2 Å². The number of carbonyl (C=O) groups excluding carboxylic acids is 1. The van der Waals surface area contributed by atoms with Crippen molar-refractivity contribution < 1.29 is 13.9 Å². The Morgan fingerprint density at radius 1 is 1.50 bits per heavy atom. The molecule has 0 radical (unpaired) electrons. The van der Waals surface area contributed by atoms with Crippen LogP contribution in [0.15, 0.2) is 18.2 Å². The highest BCUT2D eigenvalue weighted by Crippen LogP contribution is 2.25. The number of hydrogen-bond donors (Lipinski definition) is 1. The van der Waals surface area contributed by atoms with Crippen molar-refractivity contribution in [3.05, 3.63) is 35.3 Å². The van der Waals surface area contributed by atoms with E-state index in [9.17, 15) is 9.18 Å². The third kappa shape index (κ3) is 2.08. The van der Waals surface area contributed by atoms with E-state index in [0.29, 0.717) is 30.7 Å². The van der Waals surface area contributed by atoms with Crippen molar-refractivity contribution in [1.29, 1.82) is 0 Å². The maximum Gasteiger partial charge on any atom is 0.256 e. The molecule has 0 spiro atoms. The molecule has 5 heteroatoms. The molecule has 4 nitrogen and oxygen atoms in total. The third-order valence-electron chi connectivity index (χ3n) is 3.79. The standard InChI is InChI=1S/C15H17FN2O2/c1-9-8-20-6-5-18(9)15(19)14-10(2)17-13-4-3-11(16)7-12(13)14/h3-4,7,9,17H,5-6,8H2,1-2H3. The zero-order chi connectivity index (χ0) is 14.3. The molecule has 106 valence electrons. The Bertz CT molecular complexity index is 665. The van der Waals surface area contributed by atoms with E-state index < -0.39 is 0 Å². The van der Waals surface area contributed by atoms with Gasteiger partial charge in [0.1, 0.15) is 5.82 Å². The zero-order valence-corrected chi connectivity index (χ0v) is 11.6. The Morgan fingerprint density at radius 3 is 3.05 bits per heavy atom. The van der Waals surface area contributed by atoms with Gasteiger partial charge in [-0.2, -0.15) is 0 Å². The highest BCUT2D eigenvalue weighted by Gasteiger charge is 2.28. The van der Waals surface area contributed by atoms with Gasteiger partial charge in [0.05, 0.1) is 24.8 Å². The molecule has 1 N–H and O–H groups in total. The average Bonchev–Trinajstić information content (AvgIpc) is 2.74. The molecule has 2 heterocycles. The molecule has 0 bridgehead atoms. The summed E-state index contributed by atoms with van der Waals surface area (Å²) < 4.78 is 18.8. The van der Waals surface area contributed by atoms with Crippen LogP contribution in [0.2, 0.25) is 0 Å². The summed E-state index contributed by atoms with van der Waals surface area (Å²) in [6, 6.07) is 4.51. The van der Waals surface area contributed by atoms with E-state index >= 15 is 0 Å². The number of rotatable bonds is 1. The van der Waals surface area contributed by atoms with Crippen LogP contribution in [0.4, 0.5) is 4.39 Å². The van der Waals surface area contributed by atoms with Crippen molar-refractivity contribution in [2.45, 2.75) is 19.9 Å².